The van der Waals surface area contributed by atoms with Crippen LogP contribution in [0.2, 0.25) is 0 Å². The van der Waals surface area contributed by atoms with E-state index in [2.05, 4.69) is 32.9 Å². The quantitative estimate of drug-likeness (QED) is 0.407. The van der Waals surface area contributed by atoms with Crippen molar-refractivity contribution in [3.63, 3.8) is 0 Å². The number of hydrogen-bond donors (Lipinski definition) is 0. The molecule has 0 aliphatic heterocycles. The molecule has 124 valence electrons. The Hall–Kier alpha value is -2.87. The molecule has 0 aliphatic carbocycles. The molecule has 0 radical (unpaired) electrons. The van der Waals surface area contributed by atoms with E-state index in [4.69, 9.17) is 4.42 Å². The van der Waals surface area contributed by atoms with Crippen LogP contribution in [0.15, 0.2) is 75.9 Å². The van der Waals surface area contributed by atoms with Gasteiger partial charge in [-0.2, -0.15) is 0 Å². The summed E-state index contributed by atoms with van der Waals surface area (Å²) in [5.74, 6) is 0.606. The van der Waals surface area contributed by atoms with Crippen molar-refractivity contribution >= 4 is 21.7 Å². The molecule has 0 unspecified atom stereocenters. The second-order valence-corrected chi connectivity index (χ2v) is 7.47. The van der Waals surface area contributed by atoms with Crippen LogP contribution in [0.5, 0.6) is 0 Å². The van der Waals surface area contributed by atoms with Crippen molar-refractivity contribution in [1.29, 1.82) is 0 Å². The molecule has 2 nitrogen and oxygen atoms in total. The average Bonchev–Trinajstić information content (AvgIpc) is 2.61. The highest BCUT2D eigenvalue weighted by Gasteiger charge is 2.14. The minimum Gasteiger partial charge on any atom is -0.455 e. The van der Waals surface area contributed by atoms with E-state index in [0.717, 1.165) is 16.3 Å². The van der Waals surface area contributed by atoms with Crippen molar-refractivity contribution in [2.75, 3.05) is 0 Å². The zero-order valence-corrected chi connectivity index (χ0v) is 14.7. The molecule has 4 rings (SSSR count). The third kappa shape index (κ3) is 2.74. The standard InChI is InChI=1S/C23H20O2/c1-23(2,3)17-11-8-16(9-12-17)21-14-20(24)19-13-10-15-6-4-5-7-18(15)22(19)25-21/h4-14H,1-3H3. The van der Waals surface area contributed by atoms with E-state index in [1.807, 2.05) is 48.5 Å². The summed E-state index contributed by atoms with van der Waals surface area (Å²) in [7, 11) is 0. The third-order valence-corrected chi connectivity index (χ3v) is 4.65. The van der Waals surface area contributed by atoms with Crippen LogP contribution < -0.4 is 5.43 Å². The van der Waals surface area contributed by atoms with Crippen LogP contribution in [-0.2, 0) is 5.41 Å². The molecule has 0 fully saturated rings. The Morgan fingerprint density at radius 1 is 0.800 bits per heavy atom. The number of benzene rings is 3. The van der Waals surface area contributed by atoms with Gasteiger partial charge in [0.15, 0.2) is 5.43 Å². The molecular formula is C23H20O2. The molecule has 0 aliphatic rings. The van der Waals surface area contributed by atoms with Gasteiger partial charge >= 0.3 is 0 Å². The van der Waals surface area contributed by atoms with Crippen LogP contribution in [0, 0.1) is 0 Å². The van der Waals surface area contributed by atoms with Crippen LogP contribution >= 0.6 is 0 Å². The van der Waals surface area contributed by atoms with Gasteiger partial charge in [0.2, 0.25) is 0 Å². The van der Waals surface area contributed by atoms with Gasteiger partial charge in [0.1, 0.15) is 11.3 Å². The van der Waals surface area contributed by atoms with Crippen LogP contribution in [0.3, 0.4) is 0 Å². The summed E-state index contributed by atoms with van der Waals surface area (Å²) in [6.07, 6.45) is 0. The Bertz CT molecular complexity index is 1130. The molecule has 25 heavy (non-hydrogen) atoms. The second kappa shape index (κ2) is 5.59. The van der Waals surface area contributed by atoms with E-state index in [1.54, 1.807) is 6.07 Å². The van der Waals surface area contributed by atoms with Gasteiger partial charge in [0.05, 0.1) is 5.39 Å². The summed E-state index contributed by atoms with van der Waals surface area (Å²) in [6, 6.07) is 21.6. The zero-order valence-electron chi connectivity index (χ0n) is 14.7. The van der Waals surface area contributed by atoms with Crippen LogP contribution in [0.4, 0.5) is 0 Å². The maximum atomic E-state index is 12.6. The van der Waals surface area contributed by atoms with Gasteiger partial charge in [-0.25, -0.2) is 0 Å². The maximum Gasteiger partial charge on any atom is 0.193 e. The maximum absolute atomic E-state index is 12.6. The van der Waals surface area contributed by atoms with Crippen molar-refractivity contribution in [3.8, 4) is 11.3 Å². The molecule has 0 atom stereocenters. The fraction of sp³-hybridized carbons (Fsp3) is 0.174. The lowest BCUT2D eigenvalue weighted by atomic mass is 9.86. The zero-order chi connectivity index (χ0) is 17.6. The predicted molar refractivity (Wildman–Crippen MR) is 104 cm³/mol. The molecular weight excluding hydrogens is 308 g/mol. The first kappa shape index (κ1) is 15.6. The molecule has 1 heterocycles. The summed E-state index contributed by atoms with van der Waals surface area (Å²) in [4.78, 5) is 12.6. The molecule has 0 saturated heterocycles. The van der Waals surface area contributed by atoms with E-state index < -0.39 is 0 Å². The van der Waals surface area contributed by atoms with E-state index in [0.29, 0.717) is 16.7 Å². The molecule has 0 N–H and O–H groups in total. The van der Waals surface area contributed by atoms with Crippen molar-refractivity contribution in [2.45, 2.75) is 26.2 Å². The Labute approximate surface area is 146 Å². The van der Waals surface area contributed by atoms with Crippen LogP contribution in [0.1, 0.15) is 26.3 Å². The lowest BCUT2D eigenvalue weighted by Gasteiger charge is -2.19. The van der Waals surface area contributed by atoms with Gasteiger partial charge in [-0.3, -0.25) is 4.79 Å². The van der Waals surface area contributed by atoms with Gasteiger partial charge in [-0.1, -0.05) is 75.4 Å². The molecule has 1 aromatic heterocycles. The predicted octanol–water partition coefficient (Wildman–Crippen LogP) is 5.91. The summed E-state index contributed by atoms with van der Waals surface area (Å²) in [5.41, 5.74) is 2.91. The molecule has 0 amide bonds. The lowest BCUT2D eigenvalue weighted by molar-refractivity contribution is 0.589. The monoisotopic (exact) mass is 328 g/mol. The fourth-order valence-electron chi connectivity index (χ4n) is 3.16. The largest absolute Gasteiger partial charge is 0.455 e. The molecule has 2 heteroatoms. The van der Waals surface area contributed by atoms with E-state index >= 15 is 0 Å². The fourth-order valence-corrected chi connectivity index (χ4v) is 3.16. The normalized spacial score (nSPS) is 12.0. The van der Waals surface area contributed by atoms with Gasteiger partial charge in [-0.05, 0) is 22.4 Å². The minimum absolute atomic E-state index is 0.0121. The Kier molecular flexibility index (Phi) is 3.50. The van der Waals surface area contributed by atoms with Gasteiger partial charge < -0.3 is 4.42 Å². The van der Waals surface area contributed by atoms with Crippen molar-refractivity contribution in [3.05, 3.63) is 82.5 Å². The smallest absolute Gasteiger partial charge is 0.193 e. The molecule has 4 aromatic rings. The lowest BCUT2D eigenvalue weighted by Crippen LogP contribution is -2.10. The van der Waals surface area contributed by atoms with Crippen molar-refractivity contribution in [1.82, 2.24) is 0 Å². The van der Waals surface area contributed by atoms with E-state index in [-0.39, 0.29) is 10.8 Å². The van der Waals surface area contributed by atoms with Gasteiger partial charge in [0.25, 0.3) is 0 Å². The van der Waals surface area contributed by atoms with E-state index in [9.17, 15) is 4.79 Å². The highest BCUT2D eigenvalue weighted by atomic mass is 16.3. The third-order valence-electron chi connectivity index (χ3n) is 4.65. The first-order valence-electron chi connectivity index (χ1n) is 8.50. The molecule has 0 spiro atoms. The number of hydrogen-bond acceptors (Lipinski definition) is 2. The van der Waals surface area contributed by atoms with Crippen molar-refractivity contribution in [2.24, 2.45) is 0 Å². The van der Waals surface area contributed by atoms with Crippen LogP contribution in [0.25, 0.3) is 33.1 Å². The SMILES string of the molecule is CC(C)(C)c1ccc(-c2cc(=O)c3ccc4ccccc4c3o2)cc1. The van der Waals surface area contributed by atoms with Gasteiger partial charge in [0, 0.05) is 17.0 Å². The minimum atomic E-state index is -0.0121. The first-order chi connectivity index (χ1) is 11.9. The van der Waals surface area contributed by atoms with Crippen LogP contribution in [-0.4, -0.2) is 0 Å². The first-order valence-corrected chi connectivity index (χ1v) is 8.50. The number of fused-ring (bicyclic) bond motifs is 3. The second-order valence-electron chi connectivity index (χ2n) is 7.47. The highest BCUT2D eigenvalue weighted by Crippen LogP contribution is 2.29. The average molecular weight is 328 g/mol. The Morgan fingerprint density at radius 3 is 2.24 bits per heavy atom. The summed E-state index contributed by atoms with van der Waals surface area (Å²) in [6.45, 7) is 6.55. The Balaban J connectivity index is 1.94. The molecule has 0 saturated carbocycles. The summed E-state index contributed by atoms with van der Waals surface area (Å²) >= 11 is 0. The number of rotatable bonds is 1. The van der Waals surface area contributed by atoms with Gasteiger partial charge in [-0.15, -0.1) is 0 Å². The molecule has 0 bridgehead atoms. The molecule has 3 aromatic carbocycles. The highest BCUT2D eigenvalue weighted by molar-refractivity contribution is 6.04. The topological polar surface area (TPSA) is 30.2 Å². The van der Waals surface area contributed by atoms with Crippen molar-refractivity contribution < 1.29 is 4.42 Å². The Morgan fingerprint density at radius 2 is 1.52 bits per heavy atom. The van der Waals surface area contributed by atoms with E-state index in [1.165, 1.54) is 5.56 Å². The summed E-state index contributed by atoms with van der Waals surface area (Å²) < 4.78 is 6.17. The summed E-state index contributed by atoms with van der Waals surface area (Å²) in [5, 5.41) is 2.65.